The highest BCUT2D eigenvalue weighted by molar-refractivity contribution is 14.1. The van der Waals surface area contributed by atoms with Gasteiger partial charge in [-0.3, -0.25) is 4.79 Å². The second kappa shape index (κ2) is 4.81. The van der Waals surface area contributed by atoms with Gasteiger partial charge in [-0.1, -0.05) is 6.07 Å². The summed E-state index contributed by atoms with van der Waals surface area (Å²) in [6, 6.07) is 5.83. The fourth-order valence-corrected chi connectivity index (χ4v) is 1.78. The molecule has 0 bridgehead atoms. The minimum absolute atomic E-state index is 0.00996. The van der Waals surface area contributed by atoms with E-state index in [-0.39, 0.29) is 11.8 Å². The number of amides is 1. The van der Waals surface area contributed by atoms with Gasteiger partial charge in [-0.2, -0.15) is 0 Å². The largest absolute Gasteiger partial charge is 0.324 e. The predicted molar refractivity (Wildman–Crippen MR) is 63.2 cm³/mol. The standard InChI is InChI=1S/C9H9ClINO/c1-6-2-3-8(7(11)4-6)12-9(13)5-10/h2-4H,5H2,1H3,(H,12,13). The molecule has 1 N–H and O–H groups in total. The molecule has 0 radical (unpaired) electrons. The molecule has 0 aliphatic carbocycles. The molecule has 0 saturated heterocycles. The highest BCUT2D eigenvalue weighted by atomic mass is 127. The molecule has 0 unspecified atom stereocenters. The fourth-order valence-electron chi connectivity index (χ4n) is 0.905. The van der Waals surface area contributed by atoms with Gasteiger partial charge in [0.2, 0.25) is 5.91 Å². The Morgan fingerprint density at radius 1 is 1.62 bits per heavy atom. The highest BCUT2D eigenvalue weighted by Gasteiger charge is 2.03. The van der Waals surface area contributed by atoms with Gasteiger partial charge in [0.1, 0.15) is 5.88 Å². The first-order valence-corrected chi connectivity index (χ1v) is 5.37. The minimum atomic E-state index is -0.177. The summed E-state index contributed by atoms with van der Waals surface area (Å²) in [5.74, 6) is -0.187. The summed E-state index contributed by atoms with van der Waals surface area (Å²) in [4.78, 5) is 11.0. The lowest BCUT2D eigenvalue weighted by Gasteiger charge is -2.05. The third kappa shape index (κ3) is 3.15. The Hall–Kier alpha value is -0.290. The van der Waals surface area contributed by atoms with E-state index in [9.17, 15) is 4.79 Å². The van der Waals surface area contributed by atoms with E-state index in [1.54, 1.807) is 0 Å². The van der Waals surface area contributed by atoms with Gasteiger partial charge in [0, 0.05) is 3.57 Å². The number of alkyl halides is 1. The summed E-state index contributed by atoms with van der Waals surface area (Å²) < 4.78 is 1.02. The number of nitrogens with one attached hydrogen (secondary N) is 1. The number of benzene rings is 1. The van der Waals surface area contributed by atoms with Gasteiger partial charge in [-0.25, -0.2) is 0 Å². The van der Waals surface area contributed by atoms with Crippen molar-refractivity contribution in [1.29, 1.82) is 0 Å². The van der Waals surface area contributed by atoms with E-state index in [1.807, 2.05) is 25.1 Å². The normalized spacial score (nSPS) is 9.77. The van der Waals surface area contributed by atoms with Crippen molar-refractivity contribution in [2.24, 2.45) is 0 Å². The van der Waals surface area contributed by atoms with E-state index in [2.05, 4.69) is 27.9 Å². The van der Waals surface area contributed by atoms with E-state index < -0.39 is 0 Å². The molecule has 4 heteroatoms. The maximum atomic E-state index is 11.0. The smallest absolute Gasteiger partial charge is 0.239 e. The van der Waals surface area contributed by atoms with Crippen LogP contribution in [-0.4, -0.2) is 11.8 Å². The number of aryl methyl sites for hydroxylation is 1. The van der Waals surface area contributed by atoms with Crippen LogP contribution in [0.2, 0.25) is 0 Å². The Bertz CT molecular complexity index is 327. The fraction of sp³-hybridized carbons (Fsp3) is 0.222. The van der Waals surface area contributed by atoms with Crippen LogP contribution in [0.1, 0.15) is 5.56 Å². The Morgan fingerprint density at radius 3 is 2.85 bits per heavy atom. The summed E-state index contributed by atoms with van der Waals surface area (Å²) in [7, 11) is 0. The molecule has 0 fully saturated rings. The second-order valence-corrected chi connectivity index (χ2v) is 4.09. The zero-order chi connectivity index (χ0) is 9.84. The second-order valence-electron chi connectivity index (χ2n) is 2.67. The Balaban J connectivity index is 2.83. The molecular weight excluding hydrogens is 300 g/mol. The summed E-state index contributed by atoms with van der Waals surface area (Å²) in [5.41, 5.74) is 1.99. The monoisotopic (exact) mass is 309 g/mol. The number of halogens is 2. The third-order valence-corrected chi connectivity index (χ3v) is 2.66. The zero-order valence-corrected chi connectivity index (χ0v) is 10.0. The summed E-state index contributed by atoms with van der Waals surface area (Å²) in [6.45, 7) is 2.01. The minimum Gasteiger partial charge on any atom is -0.324 e. The molecule has 0 saturated carbocycles. The Morgan fingerprint density at radius 2 is 2.31 bits per heavy atom. The maximum Gasteiger partial charge on any atom is 0.239 e. The van der Waals surface area contributed by atoms with Crippen molar-refractivity contribution in [1.82, 2.24) is 0 Å². The van der Waals surface area contributed by atoms with Gasteiger partial charge in [-0.05, 0) is 47.2 Å². The number of anilines is 1. The van der Waals surface area contributed by atoms with Crippen molar-refractivity contribution in [3.8, 4) is 0 Å². The van der Waals surface area contributed by atoms with Crippen molar-refractivity contribution in [2.45, 2.75) is 6.92 Å². The number of carbonyl (C=O) groups is 1. The van der Waals surface area contributed by atoms with Crippen LogP contribution in [0.25, 0.3) is 0 Å². The van der Waals surface area contributed by atoms with Gasteiger partial charge < -0.3 is 5.32 Å². The molecule has 2 nitrogen and oxygen atoms in total. The van der Waals surface area contributed by atoms with Gasteiger partial charge in [0.25, 0.3) is 0 Å². The van der Waals surface area contributed by atoms with Crippen molar-refractivity contribution in [2.75, 3.05) is 11.2 Å². The van der Waals surface area contributed by atoms with Gasteiger partial charge >= 0.3 is 0 Å². The van der Waals surface area contributed by atoms with Crippen LogP contribution >= 0.6 is 34.2 Å². The molecule has 0 spiro atoms. The lowest BCUT2D eigenvalue weighted by molar-refractivity contribution is -0.113. The third-order valence-electron chi connectivity index (χ3n) is 1.52. The van der Waals surface area contributed by atoms with E-state index in [1.165, 1.54) is 5.56 Å². The van der Waals surface area contributed by atoms with Crippen LogP contribution in [0.3, 0.4) is 0 Å². The van der Waals surface area contributed by atoms with E-state index in [4.69, 9.17) is 11.6 Å². The number of hydrogen-bond donors (Lipinski definition) is 1. The van der Waals surface area contributed by atoms with Crippen LogP contribution in [0.15, 0.2) is 18.2 Å². The van der Waals surface area contributed by atoms with Crippen molar-refractivity contribution >= 4 is 45.8 Å². The molecule has 13 heavy (non-hydrogen) atoms. The predicted octanol–water partition coefficient (Wildman–Crippen LogP) is 2.78. The van der Waals surface area contributed by atoms with Crippen LogP contribution < -0.4 is 5.32 Å². The molecule has 0 aliphatic rings. The maximum absolute atomic E-state index is 11.0. The summed E-state index contributed by atoms with van der Waals surface area (Å²) >= 11 is 7.55. The zero-order valence-electron chi connectivity index (χ0n) is 7.10. The lowest BCUT2D eigenvalue weighted by atomic mass is 10.2. The average molecular weight is 310 g/mol. The molecule has 1 aromatic rings. The molecule has 1 aromatic carbocycles. The van der Waals surface area contributed by atoms with E-state index in [0.717, 1.165) is 9.26 Å². The first kappa shape index (κ1) is 10.8. The molecule has 70 valence electrons. The number of carbonyl (C=O) groups excluding carboxylic acids is 1. The van der Waals surface area contributed by atoms with Gasteiger partial charge in [0.05, 0.1) is 5.69 Å². The summed E-state index contributed by atoms with van der Waals surface area (Å²) in [5, 5.41) is 2.71. The quantitative estimate of drug-likeness (QED) is 0.660. The molecule has 0 aliphatic heterocycles. The number of hydrogen-bond acceptors (Lipinski definition) is 1. The molecule has 0 aromatic heterocycles. The van der Waals surface area contributed by atoms with Crippen LogP contribution in [-0.2, 0) is 4.79 Å². The Kier molecular flexibility index (Phi) is 3.99. The molecular formula is C9H9ClINO. The van der Waals surface area contributed by atoms with Crippen LogP contribution in [0.4, 0.5) is 5.69 Å². The molecule has 0 heterocycles. The first-order valence-electron chi connectivity index (χ1n) is 3.75. The van der Waals surface area contributed by atoms with Crippen molar-refractivity contribution < 1.29 is 4.79 Å². The highest BCUT2D eigenvalue weighted by Crippen LogP contribution is 2.19. The molecule has 1 rings (SSSR count). The van der Waals surface area contributed by atoms with E-state index >= 15 is 0 Å². The molecule has 1 amide bonds. The molecule has 0 atom stereocenters. The first-order chi connectivity index (χ1) is 6.13. The van der Waals surface area contributed by atoms with E-state index in [0.29, 0.717) is 0 Å². The summed E-state index contributed by atoms with van der Waals surface area (Å²) in [6.07, 6.45) is 0. The van der Waals surface area contributed by atoms with Gasteiger partial charge in [0.15, 0.2) is 0 Å². The average Bonchev–Trinajstić information content (AvgIpc) is 2.09. The van der Waals surface area contributed by atoms with Crippen molar-refractivity contribution in [3.05, 3.63) is 27.3 Å². The van der Waals surface area contributed by atoms with Crippen LogP contribution in [0, 0.1) is 10.5 Å². The topological polar surface area (TPSA) is 29.1 Å². The number of rotatable bonds is 2. The van der Waals surface area contributed by atoms with Gasteiger partial charge in [-0.15, -0.1) is 11.6 Å². The Labute approximate surface area is 95.8 Å². The lowest BCUT2D eigenvalue weighted by Crippen LogP contribution is -2.13. The van der Waals surface area contributed by atoms with Crippen molar-refractivity contribution in [3.63, 3.8) is 0 Å². The van der Waals surface area contributed by atoms with Crippen LogP contribution in [0.5, 0.6) is 0 Å². The SMILES string of the molecule is Cc1ccc(NC(=O)CCl)c(I)c1.